The van der Waals surface area contributed by atoms with Gasteiger partial charge in [-0.05, 0) is 28.7 Å². The van der Waals surface area contributed by atoms with Gasteiger partial charge >= 0.3 is 6.36 Å². The summed E-state index contributed by atoms with van der Waals surface area (Å²) in [5, 5.41) is 8.77. The maximum atomic E-state index is 12.4. The van der Waals surface area contributed by atoms with E-state index in [0.717, 1.165) is 0 Å². The van der Waals surface area contributed by atoms with Crippen LogP contribution in [0.3, 0.4) is 0 Å². The smallest absolute Gasteiger partial charge is 0.403 e. The van der Waals surface area contributed by atoms with E-state index in [-0.39, 0.29) is 3.70 Å². The number of alkyl halides is 5. The Morgan fingerprint density at radius 3 is 2.41 bits per heavy atom. The summed E-state index contributed by atoms with van der Waals surface area (Å²) in [6.45, 7) is -0.849. The molecule has 0 unspecified atom stereocenters. The third-order valence-corrected chi connectivity index (χ3v) is 2.43. The molecule has 0 fully saturated rings. The average Bonchev–Trinajstić information content (AvgIpc) is 2.18. The quantitative estimate of drug-likeness (QED) is 0.506. The largest absolute Gasteiger partial charge is 0.573 e. The lowest BCUT2D eigenvalue weighted by Crippen LogP contribution is -2.19. The molecule has 0 aliphatic carbocycles. The fraction of sp³-hybridized carbons (Fsp3) is 0.375. The van der Waals surface area contributed by atoms with Gasteiger partial charge < -0.3 is 9.84 Å². The van der Waals surface area contributed by atoms with Crippen LogP contribution in [-0.2, 0) is 6.61 Å². The number of hydrogen-bond donors (Lipinski definition) is 1. The molecule has 1 heterocycles. The number of hydrogen-bond acceptors (Lipinski definition) is 3. The van der Waals surface area contributed by atoms with Crippen LogP contribution in [0.2, 0.25) is 0 Å². The molecule has 3 nitrogen and oxygen atoms in total. The number of halogens is 6. The predicted molar refractivity (Wildman–Crippen MR) is 54.5 cm³/mol. The Kier molecular flexibility index (Phi) is 4.47. The standard InChI is InChI=1S/C8H5F5INO2/c9-6(10)5-3(2-16)1-4(7(14)15-5)17-8(11,12)13/h1,6,16H,2H2. The molecule has 0 radical (unpaired) electrons. The molecule has 0 atom stereocenters. The molecule has 1 aromatic heterocycles. The molecule has 0 saturated carbocycles. The second-order valence-electron chi connectivity index (χ2n) is 2.83. The molecule has 0 amide bonds. The fourth-order valence-corrected chi connectivity index (χ4v) is 1.56. The molecule has 96 valence electrons. The lowest BCUT2D eigenvalue weighted by Gasteiger charge is -2.13. The predicted octanol–water partition coefficient (Wildman–Crippen LogP) is 3.01. The van der Waals surface area contributed by atoms with Gasteiger partial charge in [0, 0.05) is 5.56 Å². The highest BCUT2D eigenvalue weighted by Gasteiger charge is 2.33. The van der Waals surface area contributed by atoms with E-state index in [1.807, 2.05) is 0 Å². The zero-order chi connectivity index (χ0) is 13.2. The van der Waals surface area contributed by atoms with E-state index in [2.05, 4.69) is 9.72 Å². The number of pyridine rings is 1. The van der Waals surface area contributed by atoms with Gasteiger partial charge in [-0.2, -0.15) is 0 Å². The first-order chi connectivity index (χ1) is 7.74. The molecular formula is C8H5F5INO2. The third-order valence-electron chi connectivity index (χ3n) is 1.66. The minimum absolute atomic E-state index is 0.354. The van der Waals surface area contributed by atoms with Gasteiger partial charge in [0.15, 0.2) is 5.75 Å². The van der Waals surface area contributed by atoms with E-state index in [1.54, 1.807) is 0 Å². The summed E-state index contributed by atoms with van der Waals surface area (Å²) in [6, 6.07) is 0.698. The number of aromatic nitrogens is 1. The van der Waals surface area contributed by atoms with Crippen LogP contribution in [0.25, 0.3) is 0 Å². The first kappa shape index (κ1) is 14.4. The van der Waals surface area contributed by atoms with Crippen molar-refractivity contribution in [1.29, 1.82) is 0 Å². The first-order valence-corrected chi connectivity index (χ1v) is 5.16. The van der Waals surface area contributed by atoms with Crippen molar-refractivity contribution in [2.75, 3.05) is 0 Å². The fourth-order valence-electron chi connectivity index (χ4n) is 1.04. The first-order valence-electron chi connectivity index (χ1n) is 4.08. The van der Waals surface area contributed by atoms with Crippen molar-refractivity contribution in [3.63, 3.8) is 0 Å². The Balaban J connectivity index is 3.18. The van der Waals surface area contributed by atoms with Gasteiger partial charge in [0.2, 0.25) is 0 Å². The van der Waals surface area contributed by atoms with E-state index in [9.17, 15) is 22.0 Å². The molecule has 17 heavy (non-hydrogen) atoms. The van der Waals surface area contributed by atoms with Crippen LogP contribution in [0.4, 0.5) is 22.0 Å². The van der Waals surface area contributed by atoms with Crippen molar-refractivity contribution in [3.8, 4) is 5.75 Å². The van der Waals surface area contributed by atoms with E-state index in [4.69, 9.17) is 5.11 Å². The highest BCUT2D eigenvalue weighted by Crippen LogP contribution is 2.31. The van der Waals surface area contributed by atoms with Crippen LogP contribution < -0.4 is 4.74 Å². The van der Waals surface area contributed by atoms with Crippen molar-refractivity contribution in [1.82, 2.24) is 4.98 Å². The zero-order valence-electron chi connectivity index (χ0n) is 7.93. The van der Waals surface area contributed by atoms with Crippen LogP contribution in [0.15, 0.2) is 6.07 Å². The third kappa shape index (κ3) is 3.91. The van der Waals surface area contributed by atoms with Crippen molar-refractivity contribution >= 4 is 22.6 Å². The minimum Gasteiger partial charge on any atom is -0.403 e. The van der Waals surface area contributed by atoms with Crippen LogP contribution >= 0.6 is 22.6 Å². The lowest BCUT2D eigenvalue weighted by molar-refractivity contribution is -0.275. The highest BCUT2D eigenvalue weighted by molar-refractivity contribution is 14.1. The Morgan fingerprint density at radius 2 is 2.00 bits per heavy atom. The SMILES string of the molecule is OCc1cc(OC(F)(F)F)c(I)nc1C(F)F. The minimum atomic E-state index is -4.94. The van der Waals surface area contributed by atoms with Crippen LogP contribution in [0, 0.1) is 3.70 Å². The van der Waals surface area contributed by atoms with Gasteiger partial charge in [0.25, 0.3) is 6.43 Å². The Hall–Kier alpha value is -0.710. The van der Waals surface area contributed by atoms with Gasteiger partial charge in [0.05, 0.1) is 6.61 Å². The van der Waals surface area contributed by atoms with Gasteiger partial charge in [0.1, 0.15) is 9.39 Å². The summed E-state index contributed by atoms with van der Waals surface area (Å²) in [7, 11) is 0. The molecule has 0 aromatic carbocycles. The molecule has 0 saturated heterocycles. The van der Waals surface area contributed by atoms with Gasteiger partial charge in [-0.25, -0.2) is 13.8 Å². The second kappa shape index (κ2) is 5.29. The van der Waals surface area contributed by atoms with Crippen LogP contribution in [0.5, 0.6) is 5.75 Å². The summed E-state index contributed by atoms with van der Waals surface area (Å²) in [5.74, 6) is -0.716. The molecule has 0 aliphatic heterocycles. The zero-order valence-corrected chi connectivity index (χ0v) is 10.1. The normalized spacial score (nSPS) is 12.0. The molecule has 0 aliphatic rings. The summed E-state index contributed by atoms with van der Waals surface area (Å²) in [4.78, 5) is 3.28. The average molecular weight is 369 g/mol. The number of ether oxygens (including phenoxy) is 1. The Labute approximate surface area is 106 Å². The van der Waals surface area contributed by atoms with Crippen molar-refractivity contribution in [3.05, 3.63) is 21.0 Å². The van der Waals surface area contributed by atoms with Crippen LogP contribution in [0.1, 0.15) is 17.7 Å². The van der Waals surface area contributed by atoms with Crippen molar-refractivity contribution < 1.29 is 31.8 Å². The molecule has 9 heteroatoms. The molecule has 1 aromatic rings. The van der Waals surface area contributed by atoms with Gasteiger partial charge in [-0.3, -0.25) is 0 Å². The summed E-state index contributed by atoms with van der Waals surface area (Å²) in [6.07, 6.45) is -7.92. The topological polar surface area (TPSA) is 42.4 Å². The maximum Gasteiger partial charge on any atom is 0.573 e. The number of nitrogens with zero attached hydrogens (tertiary/aromatic N) is 1. The summed E-state index contributed by atoms with van der Waals surface area (Å²) < 4.78 is 63.9. The van der Waals surface area contributed by atoms with E-state index >= 15 is 0 Å². The van der Waals surface area contributed by atoms with Crippen molar-refractivity contribution in [2.45, 2.75) is 19.4 Å². The monoisotopic (exact) mass is 369 g/mol. The molecular weight excluding hydrogens is 364 g/mol. The molecule has 1 rings (SSSR count). The number of aliphatic hydroxyl groups is 1. The van der Waals surface area contributed by atoms with E-state index in [0.29, 0.717) is 6.07 Å². The lowest BCUT2D eigenvalue weighted by atomic mass is 10.2. The van der Waals surface area contributed by atoms with Gasteiger partial charge in [-0.1, -0.05) is 0 Å². The summed E-state index contributed by atoms with van der Waals surface area (Å²) in [5.41, 5.74) is -1.16. The van der Waals surface area contributed by atoms with E-state index < -0.39 is 36.4 Å². The molecule has 0 bridgehead atoms. The van der Waals surface area contributed by atoms with Gasteiger partial charge in [-0.15, -0.1) is 13.2 Å². The molecule has 0 spiro atoms. The number of rotatable bonds is 3. The molecule has 1 N–H and O–H groups in total. The highest BCUT2D eigenvalue weighted by atomic mass is 127. The number of aliphatic hydroxyl groups excluding tert-OH is 1. The van der Waals surface area contributed by atoms with E-state index in [1.165, 1.54) is 22.6 Å². The summed E-state index contributed by atoms with van der Waals surface area (Å²) >= 11 is 1.34. The Bertz CT molecular complexity index is 410. The Morgan fingerprint density at radius 1 is 1.41 bits per heavy atom. The van der Waals surface area contributed by atoms with Crippen LogP contribution in [-0.4, -0.2) is 16.5 Å². The maximum absolute atomic E-state index is 12.4. The van der Waals surface area contributed by atoms with Crippen molar-refractivity contribution in [2.24, 2.45) is 0 Å². The second-order valence-corrected chi connectivity index (χ2v) is 3.85.